The van der Waals surface area contributed by atoms with E-state index in [-0.39, 0.29) is 37.1 Å². The normalized spacial score (nSPS) is 24.9. The van der Waals surface area contributed by atoms with Crippen LogP contribution in [-0.4, -0.2) is 83.3 Å². The van der Waals surface area contributed by atoms with Crippen molar-refractivity contribution in [2.24, 2.45) is 0 Å². The number of carbonyl (C=O) groups excluding carboxylic acids is 2. The third-order valence-electron chi connectivity index (χ3n) is 5.98. The number of hydrogen-bond donors (Lipinski definition) is 2. The summed E-state index contributed by atoms with van der Waals surface area (Å²) in [4.78, 5) is 27.0. The first-order valence-electron chi connectivity index (χ1n) is 9.89. The van der Waals surface area contributed by atoms with Gasteiger partial charge in [0.05, 0.1) is 12.1 Å². The Kier molecular flexibility index (Phi) is 9.07. The zero-order chi connectivity index (χ0) is 22.0. The lowest BCUT2D eigenvalue weighted by molar-refractivity contribution is -0.216. The molecule has 1 saturated heterocycles. The van der Waals surface area contributed by atoms with Crippen molar-refractivity contribution in [3.63, 3.8) is 0 Å². The molecule has 2 rings (SSSR count). The van der Waals surface area contributed by atoms with E-state index >= 15 is 0 Å². The number of hydrogen-bond acceptors (Lipinski definition) is 8. The molecule has 4 atom stereocenters. The predicted octanol–water partition coefficient (Wildman–Crippen LogP) is 1.38. The Morgan fingerprint density at radius 3 is 2.53 bits per heavy atom. The van der Waals surface area contributed by atoms with E-state index in [0.717, 1.165) is 12.1 Å². The number of allylic oxidation sites excluding steroid dienone is 1. The number of nitrogens with zero attached hydrogens (tertiary/aromatic N) is 1. The molecule has 0 amide bonds. The number of ether oxygens (including phenoxy) is 3. The van der Waals surface area contributed by atoms with Crippen LogP contribution in [0.4, 0.5) is 0 Å². The fraction of sp³-hybridized carbons (Fsp3) is 0.714. The van der Waals surface area contributed by atoms with Crippen LogP contribution < -0.4 is 0 Å². The third-order valence-corrected chi connectivity index (χ3v) is 5.98. The minimum absolute atomic E-state index is 0. The summed E-state index contributed by atoms with van der Waals surface area (Å²) in [7, 11) is 1.34. The van der Waals surface area contributed by atoms with Gasteiger partial charge in [0.15, 0.2) is 0 Å². The number of carbonyl (C=O) groups is 2. The zero-order valence-corrected chi connectivity index (χ0v) is 19.3. The number of rotatable bonds is 8. The SMILES string of the molecule is C/C=C(/C)C(=O)O[C@H]1CCN2CC=C(COC(=O)[C@@](O)([C@H](C)OC)C(C)(C)O)[C@H]12.Cl. The van der Waals surface area contributed by atoms with Crippen molar-refractivity contribution in [2.45, 2.75) is 70.5 Å². The highest BCUT2D eigenvalue weighted by Gasteiger charge is 2.55. The van der Waals surface area contributed by atoms with E-state index in [4.69, 9.17) is 14.2 Å². The summed E-state index contributed by atoms with van der Waals surface area (Å²) in [6.45, 7) is 9.03. The van der Waals surface area contributed by atoms with Crippen molar-refractivity contribution in [1.29, 1.82) is 0 Å². The van der Waals surface area contributed by atoms with Gasteiger partial charge in [0.1, 0.15) is 18.3 Å². The molecule has 0 unspecified atom stereocenters. The van der Waals surface area contributed by atoms with Crippen molar-refractivity contribution in [2.75, 3.05) is 26.8 Å². The molecule has 8 nitrogen and oxygen atoms in total. The van der Waals surface area contributed by atoms with Crippen LogP contribution in [0.1, 0.15) is 41.0 Å². The lowest BCUT2D eigenvalue weighted by Gasteiger charge is -2.40. The molecule has 0 bridgehead atoms. The molecule has 172 valence electrons. The maximum atomic E-state index is 12.7. The summed E-state index contributed by atoms with van der Waals surface area (Å²) >= 11 is 0. The van der Waals surface area contributed by atoms with Gasteiger partial charge >= 0.3 is 11.9 Å². The van der Waals surface area contributed by atoms with Gasteiger partial charge in [-0.05, 0) is 46.6 Å². The van der Waals surface area contributed by atoms with Crippen LogP contribution in [0.3, 0.4) is 0 Å². The van der Waals surface area contributed by atoms with Gasteiger partial charge in [0.2, 0.25) is 5.60 Å². The van der Waals surface area contributed by atoms with Crippen LogP contribution in [-0.2, 0) is 23.8 Å². The molecule has 0 saturated carbocycles. The average Bonchev–Trinajstić information content (AvgIpc) is 3.26. The first-order chi connectivity index (χ1) is 13.5. The van der Waals surface area contributed by atoms with E-state index in [1.54, 1.807) is 19.9 Å². The Hall–Kier alpha value is -1.45. The standard InChI is InChI=1S/C21H33NO7.ClH/c1-7-13(2)18(23)29-16-9-11-22-10-8-15(17(16)22)12-28-19(24)21(26,14(3)27-6)20(4,5)25;/h7-8,14,16-17,25-26H,9-12H2,1-6H3;1H/b13-7-;/t14-,16-,17+,21-;/m0./s1. The maximum absolute atomic E-state index is 12.7. The van der Waals surface area contributed by atoms with Crippen molar-refractivity contribution in [3.05, 3.63) is 23.3 Å². The van der Waals surface area contributed by atoms with Crippen LogP contribution in [0.15, 0.2) is 23.3 Å². The minimum Gasteiger partial charge on any atom is -0.459 e. The highest BCUT2D eigenvalue weighted by atomic mass is 35.5. The van der Waals surface area contributed by atoms with E-state index in [0.29, 0.717) is 18.5 Å². The largest absolute Gasteiger partial charge is 0.459 e. The Labute approximate surface area is 184 Å². The van der Waals surface area contributed by atoms with Crippen LogP contribution in [0.2, 0.25) is 0 Å². The Bertz CT molecular complexity index is 700. The first-order valence-corrected chi connectivity index (χ1v) is 9.89. The Morgan fingerprint density at radius 1 is 1.37 bits per heavy atom. The van der Waals surface area contributed by atoms with Crippen molar-refractivity contribution >= 4 is 24.3 Å². The molecular weight excluding hydrogens is 414 g/mol. The molecular formula is C21H34ClNO7. The number of methoxy groups -OCH3 is 1. The third kappa shape index (κ3) is 5.06. The average molecular weight is 448 g/mol. The van der Waals surface area contributed by atoms with Crippen molar-refractivity contribution in [3.8, 4) is 0 Å². The minimum atomic E-state index is -2.23. The van der Waals surface area contributed by atoms with Crippen molar-refractivity contribution in [1.82, 2.24) is 4.90 Å². The van der Waals surface area contributed by atoms with Gasteiger partial charge in [0.25, 0.3) is 0 Å². The zero-order valence-electron chi connectivity index (χ0n) is 18.5. The lowest BCUT2D eigenvalue weighted by Crippen LogP contribution is -2.63. The van der Waals surface area contributed by atoms with Gasteiger partial charge in [-0.25, -0.2) is 9.59 Å². The number of fused-ring (bicyclic) bond motifs is 1. The first kappa shape index (κ1) is 26.6. The summed E-state index contributed by atoms with van der Waals surface area (Å²) in [5, 5.41) is 21.2. The fourth-order valence-corrected chi connectivity index (χ4v) is 3.82. The maximum Gasteiger partial charge on any atom is 0.344 e. The highest BCUT2D eigenvalue weighted by Crippen LogP contribution is 2.33. The van der Waals surface area contributed by atoms with Gasteiger partial charge in [-0.3, -0.25) is 4.90 Å². The molecule has 2 heterocycles. The smallest absolute Gasteiger partial charge is 0.344 e. The van der Waals surface area contributed by atoms with Crippen LogP contribution in [0.5, 0.6) is 0 Å². The summed E-state index contributed by atoms with van der Waals surface area (Å²) in [6, 6.07) is -0.161. The van der Waals surface area contributed by atoms with E-state index in [2.05, 4.69) is 4.90 Å². The monoisotopic (exact) mass is 447 g/mol. The number of aliphatic hydroxyl groups is 2. The van der Waals surface area contributed by atoms with Gasteiger partial charge in [0, 0.05) is 25.8 Å². The van der Waals surface area contributed by atoms with Gasteiger partial charge in [-0.15, -0.1) is 12.4 Å². The van der Waals surface area contributed by atoms with E-state index in [1.807, 2.05) is 6.08 Å². The molecule has 1 fully saturated rings. The van der Waals surface area contributed by atoms with Crippen LogP contribution in [0.25, 0.3) is 0 Å². The van der Waals surface area contributed by atoms with Gasteiger partial charge in [-0.1, -0.05) is 12.2 Å². The summed E-state index contributed by atoms with van der Waals surface area (Å²) in [5.74, 6) is -1.32. The second kappa shape index (κ2) is 10.2. The molecule has 2 aliphatic heterocycles. The van der Waals surface area contributed by atoms with Crippen LogP contribution >= 0.6 is 12.4 Å². The Balaban J connectivity index is 0.00000450. The van der Waals surface area contributed by atoms with E-state index in [9.17, 15) is 19.8 Å². The summed E-state index contributed by atoms with van der Waals surface area (Å²) in [5.41, 5.74) is -2.65. The topological polar surface area (TPSA) is 106 Å². The quantitative estimate of drug-likeness (QED) is 0.326. The highest BCUT2D eigenvalue weighted by molar-refractivity contribution is 5.87. The molecule has 0 aromatic rings. The van der Waals surface area contributed by atoms with E-state index < -0.39 is 23.3 Å². The molecule has 0 radical (unpaired) electrons. The fourth-order valence-electron chi connectivity index (χ4n) is 3.82. The molecule has 0 spiro atoms. The molecule has 0 aliphatic carbocycles. The van der Waals surface area contributed by atoms with Gasteiger partial charge in [-0.2, -0.15) is 0 Å². The molecule has 0 aromatic carbocycles. The molecule has 30 heavy (non-hydrogen) atoms. The van der Waals surface area contributed by atoms with Crippen LogP contribution in [0, 0.1) is 0 Å². The Morgan fingerprint density at radius 2 is 2.00 bits per heavy atom. The van der Waals surface area contributed by atoms with E-state index in [1.165, 1.54) is 27.9 Å². The second-order valence-electron chi connectivity index (χ2n) is 8.20. The molecule has 2 N–H and O–H groups in total. The summed E-state index contributed by atoms with van der Waals surface area (Å²) < 4.78 is 16.1. The lowest BCUT2D eigenvalue weighted by atomic mass is 9.81. The summed E-state index contributed by atoms with van der Waals surface area (Å²) in [6.07, 6.45) is 3.05. The number of esters is 2. The molecule has 2 aliphatic rings. The second-order valence-corrected chi connectivity index (χ2v) is 8.20. The molecule has 0 aromatic heterocycles. The predicted molar refractivity (Wildman–Crippen MR) is 113 cm³/mol. The van der Waals surface area contributed by atoms with Crippen molar-refractivity contribution < 1.29 is 34.0 Å². The molecule has 9 heteroatoms. The van der Waals surface area contributed by atoms with Gasteiger partial charge < -0.3 is 24.4 Å². The number of halogens is 1.